The summed E-state index contributed by atoms with van der Waals surface area (Å²) in [4.78, 5) is 25.2. The van der Waals surface area contributed by atoms with Crippen LogP contribution < -0.4 is 16.8 Å². The Bertz CT molecular complexity index is 474. The van der Waals surface area contributed by atoms with Gasteiger partial charge < -0.3 is 16.8 Å². The molecule has 1 aromatic rings. The molecule has 19 heavy (non-hydrogen) atoms. The van der Waals surface area contributed by atoms with Crippen LogP contribution in [0.3, 0.4) is 0 Å². The molecule has 1 aromatic heterocycles. The molecule has 2 amide bonds. The molecular weight excluding hydrogens is 264 g/mol. The van der Waals surface area contributed by atoms with E-state index < -0.39 is 5.91 Å². The lowest BCUT2D eigenvalue weighted by molar-refractivity contribution is -0.117. The van der Waals surface area contributed by atoms with Gasteiger partial charge in [0.2, 0.25) is 5.91 Å². The molecule has 0 spiro atoms. The molecule has 1 aliphatic rings. The fourth-order valence-corrected chi connectivity index (χ4v) is 3.13. The summed E-state index contributed by atoms with van der Waals surface area (Å²) >= 11 is 1.29. The van der Waals surface area contributed by atoms with Gasteiger partial charge in [0, 0.05) is 12.6 Å². The van der Waals surface area contributed by atoms with Gasteiger partial charge in [0.1, 0.15) is 5.00 Å². The van der Waals surface area contributed by atoms with Gasteiger partial charge in [0.25, 0.3) is 5.91 Å². The van der Waals surface area contributed by atoms with Crippen LogP contribution in [0, 0.1) is 0 Å². The molecule has 5 N–H and O–H groups in total. The summed E-state index contributed by atoms with van der Waals surface area (Å²) in [6.45, 7) is 1.76. The Balaban J connectivity index is 1.94. The Morgan fingerprint density at radius 3 is 3.00 bits per heavy atom. The highest BCUT2D eigenvalue weighted by Crippen LogP contribution is 2.23. The molecule has 0 saturated carbocycles. The molecular formula is C12H18N4O2S. The Morgan fingerprint density at radius 2 is 2.32 bits per heavy atom. The second-order valence-corrected chi connectivity index (χ2v) is 5.49. The summed E-state index contributed by atoms with van der Waals surface area (Å²) in [6, 6.07) is 1.89. The maximum Gasteiger partial charge on any atom is 0.251 e. The predicted molar refractivity (Wildman–Crippen MR) is 75.1 cm³/mol. The van der Waals surface area contributed by atoms with E-state index in [1.807, 2.05) is 0 Å². The number of primary amides is 1. The van der Waals surface area contributed by atoms with E-state index in [1.54, 1.807) is 11.4 Å². The number of likely N-dealkylation sites (tertiary alicyclic amines) is 1. The molecule has 0 aromatic carbocycles. The number of amides is 2. The van der Waals surface area contributed by atoms with E-state index in [0.717, 1.165) is 19.4 Å². The highest BCUT2D eigenvalue weighted by molar-refractivity contribution is 7.14. The maximum absolute atomic E-state index is 12.0. The fourth-order valence-electron chi connectivity index (χ4n) is 2.32. The van der Waals surface area contributed by atoms with E-state index in [9.17, 15) is 9.59 Å². The normalized spacial score (nSPS) is 19.5. The summed E-state index contributed by atoms with van der Waals surface area (Å²) in [7, 11) is 0. The van der Waals surface area contributed by atoms with Crippen LogP contribution in [0.1, 0.15) is 23.2 Å². The van der Waals surface area contributed by atoms with Gasteiger partial charge in [-0.05, 0) is 30.8 Å². The van der Waals surface area contributed by atoms with Gasteiger partial charge >= 0.3 is 0 Å². The zero-order chi connectivity index (χ0) is 13.8. The van der Waals surface area contributed by atoms with E-state index in [4.69, 9.17) is 11.5 Å². The lowest BCUT2D eigenvalue weighted by Gasteiger charge is -2.22. The monoisotopic (exact) mass is 282 g/mol. The van der Waals surface area contributed by atoms with Crippen molar-refractivity contribution in [2.75, 3.05) is 25.0 Å². The molecule has 7 heteroatoms. The van der Waals surface area contributed by atoms with Crippen LogP contribution in [0.5, 0.6) is 0 Å². The molecule has 6 nitrogen and oxygen atoms in total. The number of thiophene rings is 1. The van der Waals surface area contributed by atoms with Gasteiger partial charge in [-0.15, -0.1) is 11.3 Å². The Kier molecular flexibility index (Phi) is 4.52. The number of anilines is 1. The van der Waals surface area contributed by atoms with Gasteiger partial charge in [-0.3, -0.25) is 14.5 Å². The molecule has 2 heterocycles. The molecule has 1 fully saturated rings. The Morgan fingerprint density at radius 1 is 1.53 bits per heavy atom. The number of carbonyl (C=O) groups excluding carboxylic acids is 2. The number of nitrogens with two attached hydrogens (primary N) is 2. The third kappa shape index (κ3) is 3.31. The largest absolute Gasteiger partial charge is 0.366 e. The van der Waals surface area contributed by atoms with Gasteiger partial charge in [0.05, 0.1) is 12.1 Å². The van der Waals surface area contributed by atoms with Crippen molar-refractivity contribution in [3.8, 4) is 0 Å². The number of rotatable bonds is 5. The maximum atomic E-state index is 12.0. The summed E-state index contributed by atoms with van der Waals surface area (Å²) in [6.07, 6.45) is 2.11. The van der Waals surface area contributed by atoms with Crippen LogP contribution in [0.4, 0.5) is 5.00 Å². The van der Waals surface area contributed by atoms with E-state index in [-0.39, 0.29) is 11.9 Å². The Labute approximate surface area is 115 Å². The minimum absolute atomic E-state index is 0.134. The first-order chi connectivity index (χ1) is 9.11. The average molecular weight is 282 g/mol. The molecule has 1 unspecified atom stereocenters. The molecule has 104 valence electrons. The van der Waals surface area contributed by atoms with Crippen molar-refractivity contribution in [2.45, 2.75) is 18.9 Å². The third-order valence-corrected chi connectivity index (χ3v) is 4.13. The van der Waals surface area contributed by atoms with Crippen LogP contribution in [0.2, 0.25) is 0 Å². The summed E-state index contributed by atoms with van der Waals surface area (Å²) < 4.78 is 0. The van der Waals surface area contributed by atoms with Crippen LogP contribution >= 0.6 is 11.3 Å². The first-order valence-corrected chi connectivity index (χ1v) is 7.11. The van der Waals surface area contributed by atoms with Crippen molar-refractivity contribution in [1.29, 1.82) is 0 Å². The highest BCUT2D eigenvalue weighted by atomic mass is 32.1. The molecule has 1 atom stereocenters. The van der Waals surface area contributed by atoms with Crippen molar-refractivity contribution in [2.24, 2.45) is 11.5 Å². The van der Waals surface area contributed by atoms with E-state index in [2.05, 4.69) is 10.2 Å². The van der Waals surface area contributed by atoms with E-state index >= 15 is 0 Å². The van der Waals surface area contributed by atoms with Gasteiger partial charge in [-0.1, -0.05) is 0 Å². The molecule has 0 radical (unpaired) electrons. The zero-order valence-corrected chi connectivity index (χ0v) is 11.4. The Hall–Kier alpha value is -1.44. The molecule has 0 bridgehead atoms. The lowest BCUT2D eigenvalue weighted by Crippen LogP contribution is -2.40. The van der Waals surface area contributed by atoms with Crippen molar-refractivity contribution in [1.82, 2.24) is 4.90 Å². The number of hydrogen-bond acceptors (Lipinski definition) is 5. The number of hydrogen-bond donors (Lipinski definition) is 3. The quantitative estimate of drug-likeness (QED) is 0.718. The van der Waals surface area contributed by atoms with Crippen LogP contribution in [0.15, 0.2) is 11.4 Å². The molecule has 0 aliphatic carbocycles. The molecule has 1 aliphatic heterocycles. The van der Waals surface area contributed by atoms with Crippen LogP contribution in [-0.4, -0.2) is 42.4 Å². The van der Waals surface area contributed by atoms with E-state index in [1.165, 1.54) is 11.3 Å². The fraction of sp³-hybridized carbons (Fsp3) is 0.500. The lowest BCUT2D eigenvalue weighted by atomic mass is 10.2. The standard InChI is InChI=1S/C12H18N4O2S/c13-6-8-2-1-4-16(8)7-10(17)15-12-9(11(14)18)3-5-19-12/h3,5,8H,1-2,4,6-7,13H2,(H2,14,18)(H,15,17). The number of nitrogens with one attached hydrogen (secondary N) is 1. The minimum atomic E-state index is -0.530. The van der Waals surface area contributed by atoms with Gasteiger partial charge in [-0.25, -0.2) is 0 Å². The topological polar surface area (TPSA) is 101 Å². The van der Waals surface area contributed by atoms with Gasteiger partial charge in [0.15, 0.2) is 0 Å². The van der Waals surface area contributed by atoms with Crippen molar-refractivity contribution in [3.05, 3.63) is 17.0 Å². The van der Waals surface area contributed by atoms with E-state index in [0.29, 0.717) is 23.7 Å². The molecule has 1 saturated heterocycles. The van der Waals surface area contributed by atoms with Crippen molar-refractivity contribution >= 4 is 28.2 Å². The zero-order valence-electron chi connectivity index (χ0n) is 10.6. The second-order valence-electron chi connectivity index (χ2n) is 4.58. The summed E-state index contributed by atoms with van der Waals surface area (Å²) in [5.74, 6) is -0.664. The van der Waals surface area contributed by atoms with Crippen molar-refractivity contribution < 1.29 is 9.59 Å². The number of nitrogens with zero attached hydrogens (tertiary/aromatic N) is 1. The van der Waals surface area contributed by atoms with Crippen LogP contribution in [0.25, 0.3) is 0 Å². The van der Waals surface area contributed by atoms with Crippen LogP contribution in [-0.2, 0) is 4.79 Å². The first kappa shape index (κ1) is 14.0. The molecule has 2 rings (SSSR count). The first-order valence-electron chi connectivity index (χ1n) is 6.23. The average Bonchev–Trinajstić information content (AvgIpc) is 2.97. The SMILES string of the molecule is NCC1CCCN1CC(=O)Nc1sccc1C(N)=O. The second kappa shape index (κ2) is 6.14. The summed E-state index contributed by atoms with van der Waals surface area (Å²) in [5.41, 5.74) is 11.3. The smallest absolute Gasteiger partial charge is 0.251 e. The van der Waals surface area contributed by atoms with Crippen molar-refractivity contribution in [3.63, 3.8) is 0 Å². The predicted octanol–water partition coefficient (Wildman–Crippen LogP) is 0.209. The summed E-state index contributed by atoms with van der Waals surface area (Å²) in [5, 5.41) is 4.98. The third-order valence-electron chi connectivity index (χ3n) is 3.30. The highest BCUT2D eigenvalue weighted by Gasteiger charge is 2.25. The van der Waals surface area contributed by atoms with Gasteiger partial charge in [-0.2, -0.15) is 0 Å². The minimum Gasteiger partial charge on any atom is -0.366 e. The number of carbonyl (C=O) groups is 2.